The molecule has 2 rings (SSSR count). The van der Waals surface area contributed by atoms with Gasteiger partial charge in [-0.15, -0.1) is 24.0 Å². The molecule has 1 aliphatic heterocycles. The molecular formula is C21H37IN4O2. The SMILES string of the molecule is CN=C(NCCCCCOC)NCC(c1ccc(OC)cc1)N1CCCC1.I. The minimum absolute atomic E-state index is 0. The number of guanidine groups is 1. The number of benzene rings is 1. The molecule has 0 aliphatic carbocycles. The minimum atomic E-state index is 0. The predicted octanol–water partition coefficient (Wildman–Crippen LogP) is 3.43. The Balaban J connectivity index is 0.00000392. The van der Waals surface area contributed by atoms with E-state index in [0.717, 1.165) is 57.3 Å². The number of likely N-dealkylation sites (tertiary alicyclic amines) is 1. The topological polar surface area (TPSA) is 58.1 Å². The maximum absolute atomic E-state index is 5.30. The average Bonchev–Trinajstić information content (AvgIpc) is 3.24. The molecule has 1 unspecified atom stereocenters. The smallest absolute Gasteiger partial charge is 0.191 e. The van der Waals surface area contributed by atoms with Gasteiger partial charge in [0.1, 0.15) is 5.75 Å². The number of unbranched alkanes of at least 4 members (excludes halogenated alkanes) is 2. The highest BCUT2D eigenvalue weighted by Crippen LogP contribution is 2.26. The quantitative estimate of drug-likeness (QED) is 0.209. The second-order valence-electron chi connectivity index (χ2n) is 6.97. The number of hydrogen-bond donors (Lipinski definition) is 2. The van der Waals surface area contributed by atoms with Crippen LogP contribution < -0.4 is 15.4 Å². The van der Waals surface area contributed by atoms with Crippen LogP contribution in [0.2, 0.25) is 0 Å². The molecular weight excluding hydrogens is 467 g/mol. The van der Waals surface area contributed by atoms with Crippen LogP contribution in [0, 0.1) is 0 Å². The van der Waals surface area contributed by atoms with E-state index in [1.807, 2.05) is 19.2 Å². The molecule has 1 fully saturated rings. The number of nitrogens with zero attached hydrogens (tertiary/aromatic N) is 2. The first-order valence-electron chi connectivity index (χ1n) is 10.1. The number of halogens is 1. The Morgan fingerprint density at radius 1 is 1.07 bits per heavy atom. The largest absolute Gasteiger partial charge is 0.497 e. The number of aliphatic imine (C=N–C) groups is 1. The lowest BCUT2D eigenvalue weighted by molar-refractivity contribution is 0.192. The van der Waals surface area contributed by atoms with Crippen molar-refractivity contribution in [1.82, 2.24) is 15.5 Å². The van der Waals surface area contributed by atoms with Gasteiger partial charge in [-0.25, -0.2) is 0 Å². The maximum Gasteiger partial charge on any atom is 0.191 e. The number of methoxy groups -OCH3 is 2. The van der Waals surface area contributed by atoms with E-state index in [1.165, 1.54) is 24.8 Å². The lowest BCUT2D eigenvalue weighted by Crippen LogP contribution is -2.43. The average molecular weight is 504 g/mol. The van der Waals surface area contributed by atoms with E-state index in [4.69, 9.17) is 9.47 Å². The molecule has 1 heterocycles. The van der Waals surface area contributed by atoms with Crippen LogP contribution in [-0.2, 0) is 4.74 Å². The molecule has 0 bridgehead atoms. The number of rotatable bonds is 11. The first-order chi connectivity index (χ1) is 13.3. The first kappa shape index (κ1) is 25.0. The highest BCUT2D eigenvalue weighted by Gasteiger charge is 2.23. The summed E-state index contributed by atoms with van der Waals surface area (Å²) < 4.78 is 10.4. The summed E-state index contributed by atoms with van der Waals surface area (Å²) in [6.07, 6.45) is 5.96. The molecule has 1 saturated heterocycles. The molecule has 1 atom stereocenters. The van der Waals surface area contributed by atoms with E-state index in [1.54, 1.807) is 14.2 Å². The Kier molecular flexibility index (Phi) is 13.3. The van der Waals surface area contributed by atoms with Crippen LogP contribution in [-0.4, -0.2) is 64.9 Å². The van der Waals surface area contributed by atoms with Gasteiger partial charge in [-0.2, -0.15) is 0 Å². The second-order valence-corrected chi connectivity index (χ2v) is 6.97. The first-order valence-corrected chi connectivity index (χ1v) is 10.1. The standard InChI is InChI=1S/C21H36N4O2.HI/c1-22-21(23-13-5-4-8-16-26-2)24-17-20(25-14-6-7-15-25)18-9-11-19(27-3)12-10-18;/h9-12,20H,4-8,13-17H2,1-3H3,(H2,22,23,24);1H. The van der Waals surface area contributed by atoms with Crippen LogP contribution in [0.4, 0.5) is 0 Å². The van der Waals surface area contributed by atoms with Gasteiger partial charge in [0.2, 0.25) is 0 Å². The fourth-order valence-electron chi connectivity index (χ4n) is 3.51. The Morgan fingerprint density at radius 2 is 1.79 bits per heavy atom. The molecule has 1 aromatic rings. The normalized spacial score (nSPS) is 15.8. The highest BCUT2D eigenvalue weighted by atomic mass is 127. The molecule has 160 valence electrons. The van der Waals surface area contributed by atoms with Crippen molar-refractivity contribution in [2.75, 3.05) is 54.1 Å². The Bertz CT molecular complexity index is 548. The van der Waals surface area contributed by atoms with E-state index in [0.29, 0.717) is 6.04 Å². The van der Waals surface area contributed by atoms with Crippen LogP contribution >= 0.6 is 24.0 Å². The Labute approximate surface area is 187 Å². The van der Waals surface area contributed by atoms with Crippen molar-refractivity contribution in [1.29, 1.82) is 0 Å². The monoisotopic (exact) mass is 504 g/mol. The van der Waals surface area contributed by atoms with Gasteiger partial charge in [-0.1, -0.05) is 12.1 Å². The zero-order valence-corrected chi connectivity index (χ0v) is 19.9. The van der Waals surface area contributed by atoms with Crippen molar-refractivity contribution in [2.45, 2.75) is 38.1 Å². The lowest BCUT2D eigenvalue weighted by atomic mass is 10.1. The molecule has 0 spiro atoms. The molecule has 6 nitrogen and oxygen atoms in total. The van der Waals surface area contributed by atoms with Gasteiger partial charge in [0.05, 0.1) is 13.2 Å². The van der Waals surface area contributed by atoms with Gasteiger partial charge < -0.3 is 20.1 Å². The number of hydrogen-bond acceptors (Lipinski definition) is 4. The van der Waals surface area contributed by atoms with Crippen molar-refractivity contribution < 1.29 is 9.47 Å². The third-order valence-corrected chi connectivity index (χ3v) is 5.09. The second kappa shape index (κ2) is 14.9. The van der Waals surface area contributed by atoms with Gasteiger partial charge in [0.15, 0.2) is 5.96 Å². The predicted molar refractivity (Wildman–Crippen MR) is 127 cm³/mol. The fraction of sp³-hybridized carbons (Fsp3) is 0.667. The van der Waals surface area contributed by atoms with Gasteiger partial charge in [-0.05, 0) is 62.9 Å². The van der Waals surface area contributed by atoms with Crippen molar-refractivity contribution in [3.8, 4) is 5.75 Å². The zero-order chi connectivity index (χ0) is 19.3. The van der Waals surface area contributed by atoms with Gasteiger partial charge in [0, 0.05) is 33.9 Å². The summed E-state index contributed by atoms with van der Waals surface area (Å²) in [5.74, 6) is 1.78. The molecule has 7 heteroatoms. The van der Waals surface area contributed by atoms with Crippen molar-refractivity contribution in [3.63, 3.8) is 0 Å². The number of ether oxygens (including phenoxy) is 2. The van der Waals surface area contributed by atoms with Crippen LogP contribution in [0.25, 0.3) is 0 Å². The van der Waals surface area contributed by atoms with Crippen molar-refractivity contribution in [3.05, 3.63) is 29.8 Å². The molecule has 0 radical (unpaired) electrons. The number of nitrogens with one attached hydrogen (secondary N) is 2. The van der Waals surface area contributed by atoms with E-state index < -0.39 is 0 Å². The molecule has 2 N–H and O–H groups in total. The zero-order valence-electron chi connectivity index (χ0n) is 17.6. The van der Waals surface area contributed by atoms with Crippen LogP contribution in [0.1, 0.15) is 43.7 Å². The molecule has 0 saturated carbocycles. The Morgan fingerprint density at radius 3 is 2.39 bits per heavy atom. The summed E-state index contributed by atoms with van der Waals surface area (Å²) in [4.78, 5) is 6.94. The van der Waals surface area contributed by atoms with E-state index in [-0.39, 0.29) is 24.0 Å². The lowest BCUT2D eigenvalue weighted by Gasteiger charge is -2.29. The van der Waals surface area contributed by atoms with Gasteiger partial charge >= 0.3 is 0 Å². The van der Waals surface area contributed by atoms with Crippen molar-refractivity contribution in [2.24, 2.45) is 4.99 Å². The third-order valence-electron chi connectivity index (χ3n) is 5.09. The van der Waals surface area contributed by atoms with E-state index in [9.17, 15) is 0 Å². The summed E-state index contributed by atoms with van der Waals surface area (Å²) in [7, 11) is 5.29. The van der Waals surface area contributed by atoms with E-state index in [2.05, 4.69) is 32.7 Å². The molecule has 0 amide bonds. The molecule has 28 heavy (non-hydrogen) atoms. The Hall–Kier alpha value is -1.06. The maximum atomic E-state index is 5.30. The highest BCUT2D eigenvalue weighted by molar-refractivity contribution is 14.0. The van der Waals surface area contributed by atoms with E-state index >= 15 is 0 Å². The molecule has 0 aromatic heterocycles. The van der Waals surface area contributed by atoms with Crippen molar-refractivity contribution >= 4 is 29.9 Å². The minimum Gasteiger partial charge on any atom is -0.497 e. The summed E-state index contributed by atoms with van der Waals surface area (Å²) in [5, 5.41) is 6.94. The summed E-state index contributed by atoms with van der Waals surface area (Å²) in [6.45, 7) is 4.93. The van der Waals surface area contributed by atoms with Crippen LogP contribution in [0.3, 0.4) is 0 Å². The van der Waals surface area contributed by atoms with Gasteiger partial charge in [-0.3, -0.25) is 9.89 Å². The third kappa shape index (κ3) is 8.53. The molecule has 1 aliphatic rings. The van der Waals surface area contributed by atoms with Crippen LogP contribution in [0.5, 0.6) is 5.75 Å². The summed E-state index contributed by atoms with van der Waals surface area (Å²) in [5.41, 5.74) is 1.32. The fourth-order valence-corrected chi connectivity index (χ4v) is 3.51. The summed E-state index contributed by atoms with van der Waals surface area (Å²) in [6, 6.07) is 8.79. The van der Waals surface area contributed by atoms with Gasteiger partial charge in [0.25, 0.3) is 0 Å². The van der Waals surface area contributed by atoms with Crippen LogP contribution in [0.15, 0.2) is 29.3 Å². The summed E-state index contributed by atoms with van der Waals surface area (Å²) >= 11 is 0. The molecule has 1 aromatic carbocycles.